The van der Waals surface area contributed by atoms with Gasteiger partial charge in [-0.25, -0.2) is 8.42 Å². The highest BCUT2D eigenvalue weighted by Crippen LogP contribution is 2.27. The number of hydrogen-bond acceptors (Lipinski definition) is 3. The van der Waals surface area contributed by atoms with Crippen molar-refractivity contribution in [2.45, 2.75) is 44.9 Å². The normalized spacial score (nSPS) is 15.2. The Labute approximate surface area is 155 Å². The highest BCUT2D eigenvalue weighted by Gasteiger charge is 2.21. The Hall–Kier alpha value is -2.34. The average Bonchev–Trinajstić information content (AvgIpc) is 2.59. The highest BCUT2D eigenvalue weighted by atomic mass is 32.2. The highest BCUT2D eigenvalue weighted by molar-refractivity contribution is 7.92. The Kier molecular flexibility index (Phi) is 5.05. The number of carbonyl (C=O) groups excluding carboxylic acids is 1. The van der Waals surface area contributed by atoms with Crippen molar-refractivity contribution in [3.63, 3.8) is 0 Å². The van der Waals surface area contributed by atoms with E-state index in [4.69, 9.17) is 0 Å². The second-order valence-corrected chi connectivity index (χ2v) is 8.56. The summed E-state index contributed by atoms with van der Waals surface area (Å²) in [6.45, 7) is 6.45. The fourth-order valence-electron chi connectivity index (χ4n) is 3.42. The van der Waals surface area contributed by atoms with Gasteiger partial charge in [-0.15, -0.1) is 0 Å². The van der Waals surface area contributed by atoms with Crippen molar-refractivity contribution < 1.29 is 13.2 Å². The molecule has 1 aliphatic heterocycles. The van der Waals surface area contributed by atoms with Crippen LogP contribution >= 0.6 is 0 Å². The van der Waals surface area contributed by atoms with E-state index in [9.17, 15) is 13.2 Å². The van der Waals surface area contributed by atoms with Gasteiger partial charge in [-0.05, 0) is 69.0 Å². The molecule has 2 aromatic carbocycles. The van der Waals surface area contributed by atoms with Crippen molar-refractivity contribution in [3.8, 4) is 0 Å². The van der Waals surface area contributed by atoms with E-state index in [1.165, 1.54) is 0 Å². The zero-order chi connectivity index (χ0) is 18.9. The number of carbonyl (C=O) groups is 1. The molecule has 1 N–H and O–H groups in total. The molecule has 1 amide bonds. The molecule has 26 heavy (non-hydrogen) atoms. The number of nitrogens with one attached hydrogen (secondary N) is 1. The zero-order valence-electron chi connectivity index (χ0n) is 15.4. The van der Waals surface area contributed by atoms with Gasteiger partial charge in [0.05, 0.1) is 10.6 Å². The van der Waals surface area contributed by atoms with E-state index in [-0.39, 0.29) is 10.8 Å². The molecule has 6 heteroatoms. The molecule has 0 bridgehead atoms. The molecule has 0 saturated carbocycles. The lowest BCUT2D eigenvalue weighted by Crippen LogP contribution is -2.35. The Balaban J connectivity index is 1.85. The van der Waals surface area contributed by atoms with Crippen LogP contribution in [0.2, 0.25) is 0 Å². The average molecular weight is 372 g/mol. The molecule has 2 aromatic rings. The molecular formula is C20H24N2O3S. The molecular weight excluding hydrogens is 348 g/mol. The Morgan fingerprint density at radius 3 is 2.15 bits per heavy atom. The van der Waals surface area contributed by atoms with Gasteiger partial charge in [0.1, 0.15) is 0 Å². The number of sulfonamides is 1. The third kappa shape index (κ3) is 3.75. The number of anilines is 2. The summed E-state index contributed by atoms with van der Waals surface area (Å²) in [6, 6.07) is 10.4. The summed E-state index contributed by atoms with van der Waals surface area (Å²) in [5.41, 5.74) is 4.24. The van der Waals surface area contributed by atoms with E-state index < -0.39 is 10.0 Å². The second-order valence-electron chi connectivity index (χ2n) is 6.88. The van der Waals surface area contributed by atoms with E-state index in [1.807, 2.05) is 32.9 Å². The number of aryl methyl sites for hydroxylation is 3. The maximum atomic E-state index is 12.8. The first-order valence-electron chi connectivity index (χ1n) is 8.79. The van der Waals surface area contributed by atoms with E-state index in [2.05, 4.69) is 4.72 Å². The van der Waals surface area contributed by atoms with Crippen LogP contribution in [0.4, 0.5) is 11.4 Å². The largest absolute Gasteiger partial charge is 0.312 e. The molecule has 0 radical (unpaired) electrons. The van der Waals surface area contributed by atoms with Gasteiger partial charge in [0.15, 0.2) is 0 Å². The van der Waals surface area contributed by atoms with Crippen LogP contribution in [0, 0.1) is 20.8 Å². The maximum absolute atomic E-state index is 12.8. The summed E-state index contributed by atoms with van der Waals surface area (Å²) in [4.78, 5) is 13.9. The van der Waals surface area contributed by atoms with Crippen molar-refractivity contribution in [1.82, 2.24) is 0 Å². The Morgan fingerprint density at radius 2 is 1.58 bits per heavy atom. The van der Waals surface area contributed by atoms with Crippen LogP contribution in [-0.4, -0.2) is 20.9 Å². The number of benzene rings is 2. The molecule has 3 rings (SSSR count). The fourth-order valence-corrected chi connectivity index (χ4v) is 4.62. The van der Waals surface area contributed by atoms with Gasteiger partial charge in [-0.1, -0.05) is 17.7 Å². The zero-order valence-corrected chi connectivity index (χ0v) is 16.2. The Bertz CT molecular complexity index is 911. The van der Waals surface area contributed by atoms with Gasteiger partial charge >= 0.3 is 0 Å². The maximum Gasteiger partial charge on any atom is 0.261 e. The minimum Gasteiger partial charge on any atom is -0.312 e. The predicted octanol–water partition coefficient (Wildman–Crippen LogP) is 3.93. The molecule has 0 aliphatic carbocycles. The first-order valence-corrected chi connectivity index (χ1v) is 10.3. The number of nitrogens with zero attached hydrogens (tertiary/aromatic N) is 1. The summed E-state index contributed by atoms with van der Waals surface area (Å²) in [7, 11) is -3.69. The summed E-state index contributed by atoms with van der Waals surface area (Å²) in [5.74, 6) is 0.0934. The minimum atomic E-state index is -3.69. The van der Waals surface area contributed by atoms with Crippen LogP contribution in [0.3, 0.4) is 0 Å². The summed E-state index contributed by atoms with van der Waals surface area (Å²) in [5, 5.41) is 0. The van der Waals surface area contributed by atoms with Gasteiger partial charge in [0.25, 0.3) is 10.0 Å². The van der Waals surface area contributed by atoms with Crippen molar-refractivity contribution in [1.29, 1.82) is 0 Å². The third-order valence-corrected chi connectivity index (χ3v) is 6.06. The van der Waals surface area contributed by atoms with Crippen LogP contribution in [-0.2, 0) is 14.8 Å². The predicted molar refractivity (Wildman–Crippen MR) is 104 cm³/mol. The van der Waals surface area contributed by atoms with E-state index in [1.54, 1.807) is 29.2 Å². The van der Waals surface area contributed by atoms with Gasteiger partial charge in [-0.2, -0.15) is 0 Å². The van der Waals surface area contributed by atoms with Crippen LogP contribution < -0.4 is 9.62 Å². The fraction of sp³-hybridized carbons (Fsp3) is 0.350. The Morgan fingerprint density at radius 1 is 0.962 bits per heavy atom. The molecule has 1 heterocycles. The van der Waals surface area contributed by atoms with Crippen molar-refractivity contribution >= 4 is 27.3 Å². The lowest BCUT2D eigenvalue weighted by molar-refractivity contribution is -0.119. The quantitative estimate of drug-likeness (QED) is 0.884. The molecule has 0 aromatic heterocycles. The van der Waals surface area contributed by atoms with Crippen LogP contribution in [0.5, 0.6) is 0 Å². The van der Waals surface area contributed by atoms with Crippen molar-refractivity contribution in [2.75, 3.05) is 16.2 Å². The molecule has 138 valence electrons. The van der Waals surface area contributed by atoms with E-state index in [0.29, 0.717) is 18.7 Å². The van der Waals surface area contributed by atoms with Crippen molar-refractivity contribution in [2.24, 2.45) is 0 Å². The monoisotopic (exact) mass is 372 g/mol. The molecule has 1 fully saturated rings. The molecule has 1 saturated heterocycles. The molecule has 0 atom stereocenters. The van der Waals surface area contributed by atoms with Gasteiger partial charge in [-0.3, -0.25) is 9.52 Å². The molecule has 0 unspecified atom stereocenters. The summed E-state index contributed by atoms with van der Waals surface area (Å²) in [6.07, 6.45) is 2.44. The number of hydrogen-bond donors (Lipinski definition) is 1. The molecule has 5 nitrogen and oxygen atoms in total. The standard InChI is InChI=1S/C20H24N2O3S/c1-14-12-15(2)20(16(3)13-14)21-26(24,25)18-9-7-17(8-10-18)22-11-5-4-6-19(22)23/h7-10,12-13,21H,4-6,11H2,1-3H3. The topological polar surface area (TPSA) is 66.5 Å². The van der Waals surface area contributed by atoms with Gasteiger partial charge in [0, 0.05) is 18.7 Å². The molecule has 0 spiro atoms. The number of rotatable bonds is 4. The van der Waals surface area contributed by atoms with Crippen LogP contribution in [0.25, 0.3) is 0 Å². The number of piperidine rings is 1. The minimum absolute atomic E-state index is 0.0934. The van der Waals surface area contributed by atoms with Gasteiger partial charge in [0.2, 0.25) is 5.91 Å². The van der Waals surface area contributed by atoms with Crippen LogP contribution in [0.1, 0.15) is 36.0 Å². The van der Waals surface area contributed by atoms with E-state index >= 15 is 0 Å². The summed E-state index contributed by atoms with van der Waals surface area (Å²) < 4.78 is 28.2. The smallest absolute Gasteiger partial charge is 0.261 e. The number of amides is 1. The van der Waals surface area contributed by atoms with Crippen LogP contribution in [0.15, 0.2) is 41.3 Å². The lowest BCUT2D eigenvalue weighted by atomic mass is 10.1. The first-order chi connectivity index (χ1) is 12.3. The first kappa shape index (κ1) is 18.5. The molecule has 1 aliphatic rings. The second kappa shape index (κ2) is 7.11. The summed E-state index contributed by atoms with van der Waals surface area (Å²) >= 11 is 0. The third-order valence-electron chi connectivity index (χ3n) is 4.70. The van der Waals surface area contributed by atoms with E-state index in [0.717, 1.165) is 35.2 Å². The van der Waals surface area contributed by atoms with Crippen molar-refractivity contribution in [3.05, 3.63) is 53.1 Å². The van der Waals surface area contributed by atoms with Gasteiger partial charge < -0.3 is 4.90 Å². The SMILES string of the molecule is Cc1cc(C)c(NS(=O)(=O)c2ccc(N3CCCCC3=O)cc2)c(C)c1. The lowest BCUT2D eigenvalue weighted by Gasteiger charge is -2.26.